The molecule has 0 aliphatic heterocycles. The number of hydrogen-bond donors (Lipinski definition) is 0. The average molecular weight is 171 g/mol. The van der Waals surface area contributed by atoms with Gasteiger partial charge in [0.1, 0.15) is 0 Å². The molecule has 0 radical (unpaired) electrons. The van der Waals surface area contributed by atoms with Crippen LogP contribution >= 0.6 is 0 Å². The highest BCUT2D eigenvalue weighted by atomic mass is 16.5. The summed E-state index contributed by atoms with van der Waals surface area (Å²) in [4.78, 5) is 12.8. The van der Waals surface area contributed by atoms with E-state index in [2.05, 4.69) is 11.3 Å². The van der Waals surface area contributed by atoms with Gasteiger partial charge in [0.25, 0.3) is 0 Å². The smallest absolute Gasteiger partial charge is 0.306 e. The Labute approximate surface area is 74.0 Å². The lowest BCUT2D eigenvalue weighted by Crippen LogP contribution is -2.29. The summed E-state index contributed by atoms with van der Waals surface area (Å²) >= 11 is 0. The third-order valence-electron chi connectivity index (χ3n) is 1.93. The molecule has 1 atom stereocenters. The normalized spacial score (nSPS) is 12.7. The SMILES string of the molecule is C=CC(C)N(C)CCC(=O)OC. The zero-order chi connectivity index (χ0) is 9.56. The topological polar surface area (TPSA) is 29.5 Å². The molecule has 0 spiro atoms. The van der Waals surface area contributed by atoms with Crippen molar-refractivity contribution in [2.75, 3.05) is 20.7 Å². The van der Waals surface area contributed by atoms with Crippen molar-refractivity contribution in [3.8, 4) is 0 Å². The number of methoxy groups -OCH3 is 1. The first kappa shape index (κ1) is 11.2. The van der Waals surface area contributed by atoms with Crippen LogP contribution in [0.2, 0.25) is 0 Å². The van der Waals surface area contributed by atoms with Gasteiger partial charge in [-0.3, -0.25) is 9.69 Å². The third-order valence-corrected chi connectivity index (χ3v) is 1.93. The molecule has 0 N–H and O–H groups in total. The lowest BCUT2D eigenvalue weighted by Gasteiger charge is -2.20. The Hall–Kier alpha value is -0.830. The number of ether oxygens (including phenoxy) is 1. The van der Waals surface area contributed by atoms with Crippen molar-refractivity contribution < 1.29 is 9.53 Å². The quantitative estimate of drug-likeness (QED) is 0.457. The van der Waals surface area contributed by atoms with E-state index in [1.54, 1.807) is 0 Å². The number of likely N-dealkylation sites (N-methyl/N-ethyl adjacent to an activating group) is 1. The second kappa shape index (κ2) is 5.77. The van der Waals surface area contributed by atoms with Crippen LogP contribution in [0.5, 0.6) is 0 Å². The van der Waals surface area contributed by atoms with Crippen molar-refractivity contribution >= 4 is 5.97 Å². The summed E-state index contributed by atoms with van der Waals surface area (Å²) in [5.41, 5.74) is 0. The fourth-order valence-electron chi connectivity index (χ4n) is 0.753. The summed E-state index contributed by atoms with van der Waals surface area (Å²) in [5, 5.41) is 0. The third kappa shape index (κ3) is 4.13. The van der Waals surface area contributed by atoms with Crippen molar-refractivity contribution in [1.29, 1.82) is 0 Å². The van der Waals surface area contributed by atoms with Gasteiger partial charge in [0.05, 0.1) is 13.5 Å². The first-order chi connectivity index (χ1) is 5.61. The average Bonchev–Trinajstić information content (AvgIpc) is 2.11. The molecule has 3 heteroatoms. The standard InChI is InChI=1S/C9H17NO2/c1-5-8(2)10(3)7-6-9(11)12-4/h5,8H,1,6-7H2,2-4H3. The van der Waals surface area contributed by atoms with Gasteiger partial charge in [0, 0.05) is 12.6 Å². The molecule has 0 aromatic carbocycles. The van der Waals surface area contributed by atoms with E-state index in [1.807, 2.05) is 24.9 Å². The number of nitrogens with zero attached hydrogens (tertiary/aromatic N) is 1. The van der Waals surface area contributed by atoms with E-state index in [9.17, 15) is 4.79 Å². The van der Waals surface area contributed by atoms with Crippen LogP contribution in [-0.4, -0.2) is 37.6 Å². The molecular weight excluding hydrogens is 154 g/mol. The summed E-state index contributed by atoms with van der Waals surface area (Å²) < 4.78 is 4.52. The molecule has 0 aliphatic carbocycles. The molecule has 70 valence electrons. The predicted molar refractivity (Wildman–Crippen MR) is 48.9 cm³/mol. The van der Waals surface area contributed by atoms with Gasteiger partial charge in [-0.2, -0.15) is 0 Å². The van der Waals surface area contributed by atoms with Crippen molar-refractivity contribution in [2.45, 2.75) is 19.4 Å². The van der Waals surface area contributed by atoms with Crippen LogP contribution in [-0.2, 0) is 9.53 Å². The van der Waals surface area contributed by atoms with Crippen LogP contribution in [0.15, 0.2) is 12.7 Å². The largest absolute Gasteiger partial charge is 0.469 e. The molecule has 0 saturated carbocycles. The van der Waals surface area contributed by atoms with Crippen molar-refractivity contribution in [3.05, 3.63) is 12.7 Å². The molecule has 0 saturated heterocycles. The monoisotopic (exact) mass is 171 g/mol. The zero-order valence-corrected chi connectivity index (χ0v) is 8.04. The van der Waals surface area contributed by atoms with Crippen LogP contribution in [0.4, 0.5) is 0 Å². The van der Waals surface area contributed by atoms with E-state index < -0.39 is 0 Å². The number of esters is 1. The van der Waals surface area contributed by atoms with E-state index in [0.29, 0.717) is 19.0 Å². The summed E-state index contributed by atoms with van der Waals surface area (Å²) in [5.74, 6) is -0.168. The molecule has 0 aromatic rings. The van der Waals surface area contributed by atoms with Gasteiger partial charge in [-0.05, 0) is 14.0 Å². The first-order valence-electron chi connectivity index (χ1n) is 4.01. The molecule has 0 amide bonds. The van der Waals surface area contributed by atoms with Gasteiger partial charge in [-0.25, -0.2) is 0 Å². The first-order valence-corrected chi connectivity index (χ1v) is 4.01. The van der Waals surface area contributed by atoms with Crippen molar-refractivity contribution in [2.24, 2.45) is 0 Å². The minimum atomic E-state index is -0.168. The molecule has 3 nitrogen and oxygen atoms in total. The highest BCUT2D eigenvalue weighted by Gasteiger charge is 2.07. The number of carbonyl (C=O) groups is 1. The minimum absolute atomic E-state index is 0.168. The van der Waals surface area contributed by atoms with Gasteiger partial charge in [0.15, 0.2) is 0 Å². The Balaban J connectivity index is 3.63. The van der Waals surface area contributed by atoms with E-state index in [-0.39, 0.29) is 5.97 Å². The fraction of sp³-hybridized carbons (Fsp3) is 0.667. The Morgan fingerprint density at radius 2 is 2.33 bits per heavy atom. The van der Waals surface area contributed by atoms with E-state index in [1.165, 1.54) is 7.11 Å². The van der Waals surface area contributed by atoms with E-state index in [0.717, 1.165) is 0 Å². The molecular formula is C9H17NO2. The van der Waals surface area contributed by atoms with Gasteiger partial charge >= 0.3 is 5.97 Å². The van der Waals surface area contributed by atoms with Crippen molar-refractivity contribution in [3.63, 3.8) is 0 Å². The Kier molecular flexibility index (Phi) is 5.37. The van der Waals surface area contributed by atoms with Crippen LogP contribution in [0.3, 0.4) is 0 Å². The van der Waals surface area contributed by atoms with Crippen molar-refractivity contribution in [1.82, 2.24) is 4.90 Å². The van der Waals surface area contributed by atoms with Gasteiger partial charge in [-0.1, -0.05) is 6.08 Å². The molecule has 0 heterocycles. The summed E-state index contributed by atoms with van der Waals surface area (Å²) in [6.45, 7) is 6.41. The maximum Gasteiger partial charge on any atom is 0.306 e. The lowest BCUT2D eigenvalue weighted by atomic mass is 10.3. The Morgan fingerprint density at radius 3 is 2.75 bits per heavy atom. The maximum atomic E-state index is 10.8. The number of carbonyl (C=O) groups excluding carboxylic acids is 1. The second-order valence-electron chi connectivity index (χ2n) is 2.78. The molecule has 0 rings (SSSR count). The van der Waals surface area contributed by atoms with Gasteiger partial charge < -0.3 is 4.74 Å². The zero-order valence-electron chi connectivity index (χ0n) is 8.04. The second-order valence-corrected chi connectivity index (χ2v) is 2.78. The molecule has 0 aliphatic rings. The number of hydrogen-bond acceptors (Lipinski definition) is 3. The highest BCUT2D eigenvalue weighted by Crippen LogP contribution is 1.97. The number of rotatable bonds is 5. The van der Waals surface area contributed by atoms with Crippen LogP contribution in [0.1, 0.15) is 13.3 Å². The van der Waals surface area contributed by atoms with E-state index in [4.69, 9.17) is 0 Å². The van der Waals surface area contributed by atoms with Crippen LogP contribution in [0, 0.1) is 0 Å². The van der Waals surface area contributed by atoms with Crippen LogP contribution < -0.4 is 0 Å². The highest BCUT2D eigenvalue weighted by molar-refractivity contribution is 5.69. The van der Waals surface area contributed by atoms with Gasteiger partial charge in [0.2, 0.25) is 0 Å². The summed E-state index contributed by atoms with van der Waals surface area (Å²) in [7, 11) is 3.36. The molecule has 0 bridgehead atoms. The fourth-order valence-corrected chi connectivity index (χ4v) is 0.753. The van der Waals surface area contributed by atoms with Crippen LogP contribution in [0.25, 0.3) is 0 Å². The summed E-state index contributed by atoms with van der Waals surface area (Å²) in [6, 6.07) is 0.301. The molecule has 0 aromatic heterocycles. The summed E-state index contributed by atoms with van der Waals surface area (Å²) in [6.07, 6.45) is 2.28. The molecule has 12 heavy (non-hydrogen) atoms. The minimum Gasteiger partial charge on any atom is -0.469 e. The van der Waals surface area contributed by atoms with Gasteiger partial charge in [-0.15, -0.1) is 6.58 Å². The lowest BCUT2D eigenvalue weighted by molar-refractivity contribution is -0.140. The molecule has 0 fully saturated rings. The molecule has 1 unspecified atom stereocenters. The Bertz CT molecular complexity index is 157. The predicted octanol–water partition coefficient (Wildman–Crippen LogP) is 1.06. The maximum absolute atomic E-state index is 10.8. The Morgan fingerprint density at radius 1 is 1.75 bits per heavy atom. The van der Waals surface area contributed by atoms with E-state index >= 15 is 0 Å².